The number of hydrogen-bond acceptors (Lipinski definition) is 6. The highest BCUT2D eigenvalue weighted by Gasteiger charge is 2.14. The van der Waals surface area contributed by atoms with Crippen molar-refractivity contribution in [3.05, 3.63) is 48.4 Å². The third-order valence-electron chi connectivity index (χ3n) is 5.68. The molecule has 5 rings (SSSR count). The summed E-state index contributed by atoms with van der Waals surface area (Å²) in [5.41, 5.74) is 4.40. The number of morpholine rings is 1. The fourth-order valence-electron chi connectivity index (χ4n) is 4.07. The van der Waals surface area contributed by atoms with Gasteiger partial charge < -0.3 is 19.5 Å². The molecule has 0 saturated carbocycles. The molecule has 7 heteroatoms. The predicted octanol–water partition coefficient (Wildman–Crippen LogP) is 4.45. The highest BCUT2D eigenvalue weighted by molar-refractivity contribution is 6.05. The van der Waals surface area contributed by atoms with E-state index in [1.54, 1.807) is 0 Å². The number of aromatic nitrogens is 4. The number of aryl methyl sites for hydroxylation is 1. The molecule has 0 bridgehead atoms. The summed E-state index contributed by atoms with van der Waals surface area (Å²) in [6.07, 6.45) is 5.93. The van der Waals surface area contributed by atoms with Gasteiger partial charge in [-0.1, -0.05) is 0 Å². The zero-order valence-electron chi connectivity index (χ0n) is 17.6. The molecule has 1 saturated heterocycles. The monoisotopic (exact) mass is 402 g/mol. The first kappa shape index (κ1) is 18.8. The van der Waals surface area contributed by atoms with Crippen LogP contribution in [0.4, 0.5) is 17.5 Å². The zero-order chi connectivity index (χ0) is 20.7. The van der Waals surface area contributed by atoms with Crippen molar-refractivity contribution in [1.82, 2.24) is 19.5 Å². The SMILES string of the molecule is Cc1cc2ccn(C(C)C)c2c2nc(Nc3ccc(N4CCOCC4)cn3)ncc12. The lowest BCUT2D eigenvalue weighted by Crippen LogP contribution is -2.36. The van der Waals surface area contributed by atoms with E-state index in [0.29, 0.717) is 12.0 Å². The van der Waals surface area contributed by atoms with E-state index in [1.807, 2.05) is 18.5 Å². The Labute approximate surface area is 175 Å². The molecule has 0 radical (unpaired) electrons. The normalized spacial score (nSPS) is 14.7. The number of pyridine rings is 1. The number of rotatable bonds is 4. The molecular weight excluding hydrogens is 376 g/mol. The van der Waals surface area contributed by atoms with E-state index >= 15 is 0 Å². The summed E-state index contributed by atoms with van der Waals surface area (Å²) >= 11 is 0. The maximum absolute atomic E-state index is 5.42. The number of fused-ring (bicyclic) bond motifs is 3. The van der Waals surface area contributed by atoms with E-state index in [-0.39, 0.29) is 0 Å². The second-order valence-electron chi connectivity index (χ2n) is 8.03. The van der Waals surface area contributed by atoms with Crippen LogP contribution in [0.15, 0.2) is 42.9 Å². The predicted molar refractivity (Wildman–Crippen MR) is 121 cm³/mol. The van der Waals surface area contributed by atoms with Gasteiger partial charge in [-0.3, -0.25) is 0 Å². The number of benzene rings is 1. The van der Waals surface area contributed by atoms with Gasteiger partial charge >= 0.3 is 0 Å². The van der Waals surface area contributed by atoms with Crippen molar-refractivity contribution in [3.63, 3.8) is 0 Å². The molecule has 3 aromatic heterocycles. The van der Waals surface area contributed by atoms with Crippen molar-refractivity contribution in [2.75, 3.05) is 36.5 Å². The van der Waals surface area contributed by atoms with Crippen molar-refractivity contribution in [2.24, 2.45) is 0 Å². The van der Waals surface area contributed by atoms with E-state index in [0.717, 1.165) is 54.2 Å². The molecule has 0 amide bonds. The molecule has 154 valence electrons. The van der Waals surface area contributed by atoms with Gasteiger partial charge in [0.25, 0.3) is 0 Å². The fraction of sp³-hybridized carbons (Fsp3) is 0.348. The van der Waals surface area contributed by atoms with Crippen LogP contribution in [0.25, 0.3) is 21.8 Å². The van der Waals surface area contributed by atoms with Crippen molar-refractivity contribution >= 4 is 39.3 Å². The van der Waals surface area contributed by atoms with Crippen molar-refractivity contribution < 1.29 is 4.74 Å². The van der Waals surface area contributed by atoms with Gasteiger partial charge in [-0.05, 0) is 50.6 Å². The van der Waals surface area contributed by atoms with Crippen LogP contribution >= 0.6 is 0 Å². The first-order chi connectivity index (χ1) is 14.6. The zero-order valence-corrected chi connectivity index (χ0v) is 17.6. The summed E-state index contributed by atoms with van der Waals surface area (Å²) in [5, 5.41) is 5.54. The largest absolute Gasteiger partial charge is 0.378 e. The minimum atomic E-state index is 0.356. The summed E-state index contributed by atoms with van der Waals surface area (Å²) in [5.74, 6) is 1.28. The maximum Gasteiger partial charge on any atom is 0.228 e. The van der Waals surface area contributed by atoms with Crippen LogP contribution in [0.5, 0.6) is 0 Å². The number of nitrogens with zero attached hydrogens (tertiary/aromatic N) is 5. The molecule has 1 fully saturated rings. The summed E-state index contributed by atoms with van der Waals surface area (Å²) < 4.78 is 7.69. The standard InChI is InChI=1S/C23H26N6O/c1-15(2)29-7-6-17-12-16(3)19-14-25-23(27-21(19)22(17)29)26-20-5-4-18(13-24-20)28-8-10-30-11-9-28/h4-7,12-15H,8-11H2,1-3H3,(H,24,25,26,27). The second-order valence-corrected chi connectivity index (χ2v) is 8.03. The third kappa shape index (κ3) is 3.35. The minimum Gasteiger partial charge on any atom is -0.378 e. The molecule has 30 heavy (non-hydrogen) atoms. The Hall–Kier alpha value is -3.19. The maximum atomic E-state index is 5.42. The fourth-order valence-corrected chi connectivity index (χ4v) is 4.07. The van der Waals surface area contributed by atoms with Crippen LogP contribution in [0, 0.1) is 6.92 Å². The highest BCUT2D eigenvalue weighted by Crippen LogP contribution is 2.30. The van der Waals surface area contributed by atoms with Gasteiger partial charge in [0.1, 0.15) is 11.3 Å². The summed E-state index contributed by atoms with van der Waals surface area (Å²) in [6, 6.07) is 8.77. The molecule has 1 aliphatic heterocycles. The molecule has 0 atom stereocenters. The quantitative estimate of drug-likeness (QED) is 0.544. The Bertz CT molecular complexity index is 1190. The van der Waals surface area contributed by atoms with Gasteiger partial charge in [0.05, 0.1) is 30.6 Å². The van der Waals surface area contributed by atoms with Crippen LogP contribution in [-0.4, -0.2) is 45.8 Å². The summed E-state index contributed by atoms with van der Waals surface area (Å²) in [4.78, 5) is 16.3. The van der Waals surface area contributed by atoms with Gasteiger partial charge in [0.2, 0.25) is 5.95 Å². The minimum absolute atomic E-state index is 0.356. The molecule has 4 aromatic rings. The molecule has 1 N–H and O–H groups in total. The van der Waals surface area contributed by atoms with Gasteiger partial charge in [0, 0.05) is 42.3 Å². The smallest absolute Gasteiger partial charge is 0.228 e. The van der Waals surface area contributed by atoms with E-state index < -0.39 is 0 Å². The Morgan fingerprint density at radius 2 is 1.90 bits per heavy atom. The first-order valence-electron chi connectivity index (χ1n) is 10.4. The second kappa shape index (κ2) is 7.57. The van der Waals surface area contributed by atoms with Gasteiger partial charge in [-0.2, -0.15) is 0 Å². The van der Waals surface area contributed by atoms with Crippen molar-refractivity contribution in [1.29, 1.82) is 0 Å². The Kier molecular flexibility index (Phi) is 4.75. The Morgan fingerprint density at radius 3 is 2.63 bits per heavy atom. The molecule has 4 heterocycles. The van der Waals surface area contributed by atoms with Gasteiger partial charge in [0.15, 0.2) is 0 Å². The topological polar surface area (TPSA) is 68.1 Å². The van der Waals surface area contributed by atoms with Crippen LogP contribution in [-0.2, 0) is 4.74 Å². The molecule has 0 unspecified atom stereocenters. The molecule has 7 nitrogen and oxygen atoms in total. The van der Waals surface area contributed by atoms with E-state index in [9.17, 15) is 0 Å². The van der Waals surface area contributed by atoms with Gasteiger partial charge in [-0.25, -0.2) is 15.0 Å². The Balaban J connectivity index is 1.49. The number of hydrogen-bond donors (Lipinski definition) is 1. The lowest BCUT2D eigenvalue weighted by atomic mass is 10.1. The van der Waals surface area contributed by atoms with Crippen LogP contribution < -0.4 is 10.2 Å². The van der Waals surface area contributed by atoms with Crippen LogP contribution in [0.1, 0.15) is 25.5 Å². The van der Waals surface area contributed by atoms with E-state index in [2.05, 4.69) is 69.9 Å². The molecular formula is C23H26N6O. The summed E-state index contributed by atoms with van der Waals surface area (Å²) in [7, 11) is 0. The molecule has 1 aliphatic rings. The first-order valence-corrected chi connectivity index (χ1v) is 10.4. The third-order valence-corrected chi connectivity index (χ3v) is 5.68. The number of anilines is 3. The molecule has 0 aliphatic carbocycles. The van der Waals surface area contributed by atoms with Crippen LogP contribution in [0.2, 0.25) is 0 Å². The summed E-state index contributed by atoms with van der Waals surface area (Å²) in [6.45, 7) is 9.79. The lowest BCUT2D eigenvalue weighted by molar-refractivity contribution is 0.122. The average Bonchev–Trinajstić information content (AvgIpc) is 3.19. The van der Waals surface area contributed by atoms with Crippen molar-refractivity contribution in [2.45, 2.75) is 26.8 Å². The van der Waals surface area contributed by atoms with Crippen LogP contribution in [0.3, 0.4) is 0 Å². The number of nitrogens with one attached hydrogen (secondary N) is 1. The molecule has 0 spiro atoms. The van der Waals surface area contributed by atoms with Gasteiger partial charge in [-0.15, -0.1) is 0 Å². The highest BCUT2D eigenvalue weighted by atomic mass is 16.5. The van der Waals surface area contributed by atoms with E-state index in [4.69, 9.17) is 9.72 Å². The van der Waals surface area contributed by atoms with Crippen molar-refractivity contribution in [3.8, 4) is 0 Å². The Morgan fingerprint density at radius 1 is 1.07 bits per heavy atom. The lowest BCUT2D eigenvalue weighted by Gasteiger charge is -2.28. The molecule has 1 aromatic carbocycles. The van der Waals surface area contributed by atoms with E-state index in [1.165, 1.54) is 10.9 Å². The average molecular weight is 403 g/mol. The number of ether oxygens (including phenoxy) is 1.